The second kappa shape index (κ2) is 7.10. The van der Waals surface area contributed by atoms with Gasteiger partial charge in [0.25, 0.3) is 0 Å². The van der Waals surface area contributed by atoms with Crippen molar-refractivity contribution >= 4 is 11.6 Å². The smallest absolute Gasteiger partial charge is 0.137 e. The van der Waals surface area contributed by atoms with Crippen molar-refractivity contribution in [1.82, 2.24) is 9.97 Å². The van der Waals surface area contributed by atoms with Crippen molar-refractivity contribution in [2.24, 2.45) is 5.92 Å². The molecule has 0 bridgehead atoms. The molecule has 1 aromatic heterocycles. The predicted molar refractivity (Wildman–Crippen MR) is 90.1 cm³/mol. The zero-order chi connectivity index (χ0) is 15.4. The highest BCUT2D eigenvalue weighted by molar-refractivity contribution is 5.59. The minimum absolute atomic E-state index is 0.650. The van der Waals surface area contributed by atoms with Crippen LogP contribution in [0.25, 0.3) is 0 Å². The van der Waals surface area contributed by atoms with E-state index in [-0.39, 0.29) is 0 Å². The minimum atomic E-state index is 0.650. The number of anilines is 2. The molecule has 118 valence electrons. The summed E-state index contributed by atoms with van der Waals surface area (Å²) in [6, 6.07) is 0.685. The second-order valence-corrected chi connectivity index (χ2v) is 6.49. The molecular formula is C17H30N4. The third-order valence-electron chi connectivity index (χ3n) is 3.81. The molecule has 1 aromatic rings. The van der Waals surface area contributed by atoms with Gasteiger partial charge in [0.2, 0.25) is 0 Å². The average molecular weight is 290 g/mol. The van der Waals surface area contributed by atoms with Gasteiger partial charge in [-0.05, 0) is 39.0 Å². The van der Waals surface area contributed by atoms with Crippen LogP contribution in [0.2, 0.25) is 0 Å². The quantitative estimate of drug-likeness (QED) is 0.791. The van der Waals surface area contributed by atoms with Crippen molar-refractivity contribution in [1.29, 1.82) is 0 Å². The van der Waals surface area contributed by atoms with Gasteiger partial charge < -0.3 is 10.2 Å². The molecule has 1 saturated carbocycles. The molecule has 1 aliphatic carbocycles. The Morgan fingerprint density at radius 3 is 2.48 bits per heavy atom. The molecule has 1 N–H and O–H groups in total. The molecule has 0 unspecified atom stereocenters. The van der Waals surface area contributed by atoms with Crippen LogP contribution in [0.15, 0.2) is 0 Å². The Morgan fingerprint density at radius 1 is 1.24 bits per heavy atom. The standard InChI is InChI=1S/C17H30N4/c1-6-8-15-19-16(18-7-2)13(5)17(20-15)21(11-12(3)4)14-9-10-14/h12,14H,6-11H2,1-5H3,(H,18,19,20). The van der Waals surface area contributed by atoms with Crippen LogP contribution in [0.3, 0.4) is 0 Å². The zero-order valence-electron chi connectivity index (χ0n) is 14.2. The van der Waals surface area contributed by atoms with Gasteiger partial charge in [0, 0.05) is 31.1 Å². The molecule has 0 radical (unpaired) electrons. The molecule has 1 fully saturated rings. The van der Waals surface area contributed by atoms with Crippen molar-refractivity contribution in [2.45, 2.75) is 66.3 Å². The predicted octanol–water partition coefficient (Wildman–Crippen LogP) is 3.79. The SMILES string of the molecule is CCCc1nc(NCC)c(C)c(N(CC(C)C)C2CC2)n1. The number of aryl methyl sites for hydroxylation is 1. The topological polar surface area (TPSA) is 41.1 Å². The van der Waals surface area contributed by atoms with E-state index < -0.39 is 0 Å². The van der Waals surface area contributed by atoms with Gasteiger partial charge in [-0.3, -0.25) is 0 Å². The van der Waals surface area contributed by atoms with E-state index in [1.165, 1.54) is 18.4 Å². The maximum absolute atomic E-state index is 4.89. The van der Waals surface area contributed by atoms with Crippen LogP contribution >= 0.6 is 0 Å². The summed E-state index contributed by atoms with van der Waals surface area (Å²) in [6.45, 7) is 13.0. The summed E-state index contributed by atoms with van der Waals surface area (Å²) in [5.74, 6) is 3.79. The number of hydrogen-bond donors (Lipinski definition) is 1. The molecule has 4 heteroatoms. The lowest BCUT2D eigenvalue weighted by Gasteiger charge is -2.28. The zero-order valence-corrected chi connectivity index (χ0v) is 14.2. The minimum Gasteiger partial charge on any atom is -0.370 e. The molecule has 0 aliphatic heterocycles. The first-order chi connectivity index (χ1) is 10.1. The van der Waals surface area contributed by atoms with Crippen LogP contribution in [0.1, 0.15) is 58.3 Å². The number of aromatic nitrogens is 2. The second-order valence-electron chi connectivity index (χ2n) is 6.49. The Bertz CT molecular complexity index is 466. The fourth-order valence-corrected chi connectivity index (χ4v) is 2.69. The highest BCUT2D eigenvalue weighted by Crippen LogP contribution is 2.34. The van der Waals surface area contributed by atoms with Gasteiger partial charge in [0.05, 0.1) is 0 Å². The van der Waals surface area contributed by atoms with E-state index in [1.807, 2.05) is 0 Å². The molecule has 0 spiro atoms. The number of rotatable bonds is 8. The molecular weight excluding hydrogens is 260 g/mol. The van der Waals surface area contributed by atoms with Crippen molar-refractivity contribution in [3.63, 3.8) is 0 Å². The van der Waals surface area contributed by atoms with Crippen LogP contribution in [-0.4, -0.2) is 29.1 Å². The molecule has 0 amide bonds. The molecule has 0 saturated heterocycles. The van der Waals surface area contributed by atoms with Crippen molar-refractivity contribution < 1.29 is 0 Å². The molecule has 21 heavy (non-hydrogen) atoms. The Balaban J connectivity index is 2.38. The van der Waals surface area contributed by atoms with Crippen molar-refractivity contribution in [2.75, 3.05) is 23.3 Å². The molecule has 1 aliphatic rings. The fourth-order valence-electron chi connectivity index (χ4n) is 2.69. The van der Waals surface area contributed by atoms with Crippen LogP contribution in [0.5, 0.6) is 0 Å². The Morgan fingerprint density at radius 2 is 1.95 bits per heavy atom. The Hall–Kier alpha value is -1.32. The summed E-state index contributed by atoms with van der Waals surface area (Å²) >= 11 is 0. The first-order valence-electron chi connectivity index (χ1n) is 8.44. The van der Waals surface area contributed by atoms with Crippen LogP contribution in [-0.2, 0) is 6.42 Å². The summed E-state index contributed by atoms with van der Waals surface area (Å²) in [7, 11) is 0. The lowest BCUT2D eigenvalue weighted by molar-refractivity contribution is 0.599. The number of nitrogens with zero attached hydrogens (tertiary/aromatic N) is 3. The summed E-state index contributed by atoms with van der Waals surface area (Å²) in [6.07, 6.45) is 4.64. The number of nitrogens with one attached hydrogen (secondary N) is 1. The van der Waals surface area contributed by atoms with Crippen LogP contribution in [0.4, 0.5) is 11.6 Å². The van der Waals surface area contributed by atoms with E-state index in [2.05, 4.69) is 44.8 Å². The van der Waals surface area contributed by atoms with Gasteiger partial charge in [-0.25, -0.2) is 9.97 Å². The maximum Gasteiger partial charge on any atom is 0.137 e. The van der Waals surface area contributed by atoms with Crippen molar-refractivity contribution in [3.05, 3.63) is 11.4 Å². The lowest BCUT2D eigenvalue weighted by atomic mass is 10.2. The largest absolute Gasteiger partial charge is 0.370 e. The summed E-state index contributed by atoms with van der Waals surface area (Å²) in [5, 5.41) is 3.40. The fraction of sp³-hybridized carbons (Fsp3) is 0.765. The van der Waals surface area contributed by atoms with E-state index in [0.29, 0.717) is 12.0 Å². The van der Waals surface area contributed by atoms with Crippen molar-refractivity contribution in [3.8, 4) is 0 Å². The highest BCUT2D eigenvalue weighted by Gasteiger charge is 2.32. The summed E-state index contributed by atoms with van der Waals surface area (Å²) in [5.41, 5.74) is 1.20. The normalized spacial score (nSPS) is 14.6. The third kappa shape index (κ3) is 4.08. The van der Waals surface area contributed by atoms with Gasteiger partial charge in [-0.2, -0.15) is 0 Å². The van der Waals surface area contributed by atoms with E-state index in [1.54, 1.807) is 0 Å². The Labute approximate surface area is 129 Å². The van der Waals surface area contributed by atoms with E-state index >= 15 is 0 Å². The monoisotopic (exact) mass is 290 g/mol. The molecule has 0 aromatic carbocycles. The van der Waals surface area contributed by atoms with Gasteiger partial charge >= 0.3 is 0 Å². The van der Waals surface area contributed by atoms with Gasteiger partial charge in [0.1, 0.15) is 17.5 Å². The molecule has 0 atom stereocenters. The molecule has 4 nitrogen and oxygen atoms in total. The first kappa shape index (κ1) is 16.1. The summed E-state index contributed by atoms with van der Waals surface area (Å²) in [4.78, 5) is 12.1. The lowest BCUT2D eigenvalue weighted by Crippen LogP contribution is -2.32. The molecule has 1 heterocycles. The molecule has 2 rings (SSSR count). The third-order valence-corrected chi connectivity index (χ3v) is 3.81. The first-order valence-corrected chi connectivity index (χ1v) is 8.44. The average Bonchev–Trinajstić information content (AvgIpc) is 3.24. The van der Waals surface area contributed by atoms with Crippen LogP contribution in [0, 0.1) is 12.8 Å². The van der Waals surface area contributed by atoms with E-state index in [9.17, 15) is 0 Å². The van der Waals surface area contributed by atoms with E-state index in [4.69, 9.17) is 9.97 Å². The maximum atomic E-state index is 4.89. The van der Waals surface area contributed by atoms with E-state index in [0.717, 1.165) is 43.4 Å². The highest BCUT2D eigenvalue weighted by atomic mass is 15.3. The van der Waals surface area contributed by atoms with Gasteiger partial charge in [-0.15, -0.1) is 0 Å². The van der Waals surface area contributed by atoms with Crippen LogP contribution < -0.4 is 10.2 Å². The Kier molecular flexibility index (Phi) is 5.43. The van der Waals surface area contributed by atoms with Gasteiger partial charge in [-0.1, -0.05) is 20.8 Å². The van der Waals surface area contributed by atoms with Gasteiger partial charge in [0.15, 0.2) is 0 Å². The number of hydrogen-bond acceptors (Lipinski definition) is 4. The summed E-state index contributed by atoms with van der Waals surface area (Å²) < 4.78 is 0.